The van der Waals surface area contributed by atoms with Gasteiger partial charge in [0.2, 0.25) is 0 Å². The molecule has 2 heteroatoms. The summed E-state index contributed by atoms with van der Waals surface area (Å²) in [5.74, 6) is 1.75. The third kappa shape index (κ3) is 5.61. The topological polar surface area (TPSA) is 18.5 Å². The first-order valence-electron chi connectivity index (χ1n) is 6.87. The molecule has 0 saturated carbocycles. The van der Waals surface area contributed by atoms with Crippen LogP contribution in [0.2, 0.25) is 0 Å². The van der Waals surface area contributed by atoms with Crippen molar-refractivity contribution in [1.29, 1.82) is 0 Å². The summed E-state index contributed by atoms with van der Waals surface area (Å²) in [4.78, 5) is 0. The molecule has 0 heterocycles. The van der Waals surface area contributed by atoms with Crippen LogP contribution in [0.3, 0.4) is 0 Å². The summed E-state index contributed by atoms with van der Waals surface area (Å²) in [5, 5.41) is 0. The highest BCUT2D eigenvalue weighted by Crippen LogP contribution is 2.12. The van der Waals surface area contributed by atoms with Gasteiger partial charge in [-0.05, 0) is 35.9 Å². The molecule has 0 N–H and O–H groups in total. The van der Waals surface area contributed by atoms with Gasteiger partial charge in [0.1, 0.15) is 18.1 Å². The number of para-hydroxylation sites is 1. The van der Waals surface area contributed by atoms with Crippen molar-refractivity contribution in [2.24, 2.45) is 0 Å². The van der Waals surface area contributed by atoms with Gasteiger partial charge in [-0.25, -0.2) is 0 Å². The van der Waals surface area contributed by atoms with E-state index in [9.17, 15) is 0 Å². The molecule has 0 aromatic heterocycles. The zero-order chi connectivity index (χ0) is 14.6. The first-order chi connectivity index (χ1) is 9.88. The van der Waals surface area contributed by atoms with E-state index in [0.717, 1.165) is 17.1 Å². The van der Waals surface area contributed by atoms with E-state index >= 15 is 0 Å². The molecule has 0 aliphatic rings. The van der Waals surface area contributed by atoms with E-state index in [1.165, 1.54) is 0 Å². The van der Waals surface area contributed by atoms with Crippen LogP contribution in [0.5, 0.6) is 11.5 Å². The van der Waals surface area contributed by atoms with E-state index in [0.29, 0.717) is 6.61 Å². The first-order valence-corrected chi connectivity index (χ1v) is 6.87. The van der Waals surface area contributed by atoms with Crippen molar-refractivity contribution in [1.82, 2.24) is 0 Å². The van der Waals surface area contributed by atoms with Crippen LogP contribution in [0.4, 0.5) is 0 Å². The molecule has 2 rings (SSSR count). The standard InChI is InChI=1S/C16H16O2.C2H6/c1-17-15-11-9-14(10-12-15)6-5-13-18-16-7-3-2-4-8-16;1-2/h2-12H,13H2,1H3;1-2H3/b6-5+;. The summed E-state index contributed by atoms with van der Waals surface area (Å²) in [6.45, 7) is 4.57. The summed E-state index contributed by atoms with van der Waals surface area (Å²) < 4.78 is 10.7. The smallest absolute Gasteiger partial charge is 0.119 e. The number of rotatable bonds is 5. The summed E-state index contributed by atoms with van der Waals surface area (Å²) >= 11 is 0. The number of benzene rings is 2. The molecule has 2 aromatic carbocycles. The Morgan fingerprint density at radius 2 is 1.50 bits per heavy atom. The normalized spacial score (nSPS) is 9.75. The van der Waals surface area contributed by atoms with E-state index in [1.54, 1.807) is 7.11 Å². The number of hydrogen-bond acceptors (Lipinski definition) is 2. The van der Waals surface area contributed by atoms with Gasteiger partial charge in [-0.3, -0.25) is 0 Å². The minimum atomic E-state index is 0.566. The van der Waals surface area contributed by atoms with Crippen molar-refractivity contribution >= 4 is 6.08 Å². The molecule has 0 unspecified atom stereocenters. The quantitative estimate of drug-likeness (QED) is 0.776. The third-order valence-corrected chi connectivity index (χ3v) is 2.52. The molecule has 0 spiro atoms. The van der Waals surface area contributed by atoms with Crippen molar-refractivity contribution in [2.45, 2.75) is 13.8 Å². The number of methoxy groups -OCH3 is 1. The van der Waals surface area contributed by atoms with Crippen molar-refractivity contribution in [2.75, 3.05) is 13.7 Å². The Balaban J connectivity index is 0.000000956. The van der Waals surface area contributed by atoms with Gasteiger partial charge < -0.3 is 9.47 Å². The largest absolute Gasteiger partial charge is 0.497 e. The van der Waals surface area contributed by atoms with Gasteiger partial charge in [-0.1, -0.05) is 50.3 Å². The molecular formula is C18H22O2. The fourth-order valence-corrected chi connectivity index (χ4v) is 1.56. The van der Waals surface area contributed by atoms with Crippen LogP contribution in [-0.4, -0.2) is 13.7 Å². The van der Waals surface area contributed by atoms with Gasteiger partial charge in [-0.15, -0.1) is 0 Å². The molecule has 0 amide bonds. The monoisotopic (exact) mass is 270 g/mol. The molecule has 20 heavy (non-hydrogen) atoms. The maximum atomic E-state index is 5.56. The van der Waals surface area contributed by atoms with Crippen LogP contribution in [0.1, 0.15) is 19.4 Å². The summed E-state index contributed by atoms with van der Waals surface area (Å²) in [5.41, 5.74) is 1.13. The summed E-state index contributed by atoms with van der Waals surface area (Å²) in [7, 11) is 1.67. The lowest BCUT2D eigenvalue weighted by molar-refractivity contribution is 0.363. The molecule has 2 aromatic rings. The van der Waals surface area contributed by atoms with Gasteiger partial charge >= 0.3 is 0 Å². The lowest BCUT2D eigenvalue weighted by Crippen LogP contribution is -1.92. The number of ether oxygens (including phenoxy) is 2. The molecule has 0 aliphatic heterocycles. The predicted molar refractivity (Wildman–Crippen MR) is 85.3 cm³/mol. The zero-order valence-corrected chi connectivity index (χ0v) is 12.4. The van der Waals surface area contributed by atoms with Gasteiger partial charge in [0.25, 0.3) is 0 Å². The Hall–Kier alpha value is -2.22. The van der Waals surface area contributed by atoms with Gasteiger partial charge in [0.05, 0.1) is 7.11 Å². The van der Waals surface area contributed by atoms with Crippen LogP contribution >= 0.6 is 0 Å². The molecule has 0 fully saturated rings. The molecule has 106 valence electrons. The van der Waals surface area contributed by atoms with E-state index in [2.05, 4.69) is 0 Å². The molecule has 0 radical (unpaired) electrons. The highest BCUT2D eigenvalue weighted by molar-refractivity contribution is 5.50. The zero-order valence-electron chi connectivity index (χ0n) is 12.4. The summed E-state index contributed by atoms with van der Waals surface area (Å²) in [6, 6.07) is 17.7. The van der Waals surface area contributed by atoms with E-state index in [1.807, 2.05) is 80.6 Å². The van der Waals surface area contributed by atoms with Crippen molar-refractivity contribution in [3.8, 4) is 11.5 Å². The Kier molecular flexibility index (Phi) is 7.66. The Labute approximate surface area is 121 Å². The van der Waals surface area contributed by atoms with Crippen LogP contribution in [0.15, 0.2) is 60.7 Å². The van der Waals surface area contributed by atoms with E-state index in [4.69, 9.17) is 9.47 Å². The minimum absolute atomic E-state index is 0.566. The average molecular weight is 270 g/mol. The van der Waals surface area contributed by atoms with Gasteiger partial charge in [0.15, 0.2) is 0 Å². The minimum Gasteiger partial charge on any atom is -0.497 e. The molecular weight excluding hydrogens is 248 g/mol. The Morgan fingerprint density at radius 1 is 0.850 bits per heavy atom. The summed E-state index contributed by atoms with van der Waals surface area (Å²) in [6.07, 6.45) is 4.02. The first kappa shape index (κ1) is 15.8. The fourth-order valence-electron chi connectivity index (χ4n) is 1.56. The van der Waals surface area contributed by atoms with E-state index < -0.39 is 0 Å². The van der Waals surface area contributed by atoms with Crippen LogP contribution in [0, 0.1) is 0 Å². The van der Waals surface area contributed by atoms with Crippen molar-refractivity contribution in [3.63, 3.8) is 0 Å². The van der Waals surface area contributed by atoms with Gasteiger partial charge in [0, 0.05) is 0 Å². The van der Waals surface area contributed by atoms with Crippen LogP contribution < -0.4 is 9.47 Å². The second-order valence-corrected chi connectivity index (χ2v) is 3.80. The highest BCUT2D eigenvalue weighted by atomic mass is 16.5. The maximum Gasteiger partial charge on any atom is 0.119 e. The maximum absolute atomic E-state index is 5.56. The fraction of sp³-hybridized carbons (Fsp3) is 0.222. The lowest BCUT2D eigenvalue weighted by atomic mass is 10.2. The SMILES string of the molecule is CC.COc1ccc(/C=C/COc2ccccc2)cc1. The molecule has 0 aliphatic carbocycles. The van der Waals surface area contributed by atoms with Crippen molar-refractivity contribution < 1.29 is 9.47 Å². The average Bonchev–Trinajstić information content (AvgIpc) is 2.55. The lowest BCUT2D eigenvalue weighted by Gasteiger charge is -2.02. The van der Waals surface area contributed by atoms with Crippen LogP contribution in [0.25, 0.3) is 6.08 Å². The van der Waals surface area contributed by atoms with E-state index in [-0.39, 0.29) is 0 Å². The van der Waals surface area contributed by atoms with Crippen molar-refractivity contribution in [3.05, 3.63) is 66.2 Å². The molecule has 0 atom stereocenters. The Morgan fingerprint density at radius 3 is 2.10 bits per heavy atom. The number of hydrogen-bond donors (Lipinski definition) is 0. The third-order valence-electron chi connectivity index (χ3n) is 2.52. The second kappa shape index (κ2) is 9.68. The highest BCUT2D eigenvalue weighted by Gasteiger charge is 1.90. The second-order valence-electron chi connectivity index (χ2n) is 3.80. The van der Waals surface area contributed by atoms with Crippen LogP contribution in [-0.2, 0) is 0 Å². The Bertz CT molecular complexity index is 487. The molecule has 0 bridgehead atoms. The molecule has 2 nitrogen and oxygen atoms in total. The molecule has 0 saturated heterocycles. The predicted octanol–water partition coefficient (Wildman–Crippen LogP) is 4.81. The van der Waals surface area contributed by atoms with Gasteiger partial charge in [-0.2, -0.15) is 0 Å².